The summed E-state index contributed by atoms with van der Waals surface area (Å²) in [6.07, 6.45) is 1.97. The van der Waals surface area contributed by atoms with Crippen molar-refractivity contribution in [2.75, 3.05) is 13.1 Å². The van der Waals surface area contributed by atoms with Crippen LogP contribution in [0.2, 0.25) is 0 Å². The highest BCUT2D eigenvalue weighted by molar-refractivity contribution is 5.99. The van der Waals surface area contributed by atoms with Gasteiger partial charge in [0.25, 0.3) is 0 Å². The van der Waals surface area contributed by atoms with Crippen molar-refractivity contribution in [3.63, 3.8) is 0 Å². The van der Waals surface area contributed by atoms with Gasteiger partial charge in [0.1, 0.15) is 5.82 Å². The van der Waals surface area contributed by atoms with E-state index < -0.39 is 11.7 Å². The lowest BCUT2D eigenvalue weighted by Gasteiger charge is -2.24. The molecule has 1 aliphatic heterocycles. The number of piperidine rings is 1. The minimum Gasteiger partial charge on any atom is -0.353 e. The van der Waals surface area contributed by atoms with Crippen molar-refractivity contribution in [2.45, 2.75) is 32.2 Å². The van der Waals surface area contributed by atoms with Gasteiger partial charge in [0, 0.05) is 23.9 Å². The number of rotatable bonds is 5. The van der Waals surface area contributed by atoms with Crippen LogP contribution in [0.3, 0.4) is 0 Å². The monoisotopic (exact) mass is 328 g/mol. The van der Waals surface area contributed by atoms with Gasteiger partial charge in [0.15, 0.2) is 5.78 Å². The van der Waals surface area contributed by atoms with Crippen LogP contribution in [-0.4, -0.2) is 30.8 Å². The van der Waals surface area contributed by atoms with Gasteiger partial charge in [-0.05, 0) is 38.1 Å². The van der Waals surface area contributed by atoms with E-state index in [9.17, 15) is 14.0 Å². The van der Waals surface area contributed by atoms with Gasteiger partial charge in [-0.3, -0.25) is 9.59 Å². The molecule has 1 aromatic carbocycles. The first-order chi connectivity index (χ1) is 10.1. The smallest absolute Gasteiger partial charge is 0.220 e. The van der Waals surface area contributed by atoms with Crippen molar-refractivity contribution in [3.8, 4) is 0 Å². The molecule has 0 radical (unpaired) electrons. The van der Waals surface area contributed by atoms with Gasteiger partial charge >= 0.3 is 0 Å². The van der Waals surface area contributed by atoms with Crippen LogP contribution in [-0.2, 0) is 4.79 Å². The summed E-state index contributed by atoms with van der Waals surface area (Å²) in [5.74, 6) is -1.20. The molecule has 1 fully saturated rings. The predicted octanol–water partition coefficient (Wildman–Crippen LogP) is 2.32. The third-order valence-electron chi connectivity index (χ3n) is 3.75. The van der Waals surface area contributed by atoms with Gasteiger partial charge in [-0.2, -0.15) is 0 Å². The molecule has 0 bridgehead atoms. The summed E-state index contributed by atoms with van der Waals surface area (Å²) in [6.45, 7) is 3.51. The van der Waals surface area contributed by atoms with Gasteiger partial charge in [-0.15, -0.1) is 12.4 Å². The van der Waals surface area contributed by atoms with Crippen molar-refractivity contribution in [1.82, 2.24) is 10.6 Å². The van der Waals surface area contributed by atoms with E-state index in [4.69, 9.17) is 0 Å². The van der Waals surface area contributed by atoms with E-state index in [1.165, 1.54) is 18.2 Å². The molecule has 1 amide bonds. The second-order valence-corrected chi connectivity index (χ2v) is 5.57. The standard InChI is InChI=1S/C16H21FN2O2.ClH/c1-11(16(21)12-3-2-4-13(17)10-12)9-15(20)19-14-5-7-18-8-6-14;/h2-4,10-11,14,18H,5-9H2,1H3,(H,19,20);1H. The molecule has 6 heteroatoms. The first kappa shape index (κ1) is 18.6. The zero-order chi connectivity index (χ0) is 15.2. The molecule has 4 nitrogen and oxygen atoms in total. The maximum Gasteiger partial charge on any atom is 0.220 e. The van der Waals surface area contributed by atoms with E-state index in [0.717, 1.165) is 25.9 Å². The third-order valence-corrected chi connectivity index (χ3v) is 3.75. The van der Waals surface area contributed by atoms with Crippen LogP contribution in [0.15, 0.2) is 24.3 Å². The van der Waals surface area contributed by atoms with Crippen molar-refractivity contribution in [2.24, 2.45) is 5.92 Å². The van der Waals surface area contributed by atoms with Gasteiger partial charge in [-0.25, -0.2) is 4.39 Å². The SMILES string of the molecule is CC(CC(=O)NC1CCNCC1)C(=O)c1cccc(F)c1.Cl. The Morgan fingerprint density at radius 1 is 1.36 bits per heavy atom. The molecule has 0 saturated carbocycles. The summed E-state index contributed by atoms with van der Waals surface area (Å²) >= 11 is 0. The molecule has 1 aliphatic rings. The van der Waals surface area contributed by atoms with Crippen LogP contribution >= 0.6 is 12.4 Å². The number of carbonyl (C=O) groups excluding carboxylic acids is 2. The normalized spacial score (nSPS) is 16.5. The summed E-state index contributed by atoms with van der Waals surface area (Å²) in [4.78, 5) is 24.1. The van der Waals surface area contributed by atoms with Gasteiger partial charge in [-0.1, -0.05) is 19.1 Å². The number of hydrogen-bond acceptors (Lipinski definition) is 3. The van der Waals surface area contributed by atoms with E-state index in [1.54, 1.807) is 13.0 Å². The Kier molecular flexibility index (Phi) is 7.48. The fourth-order valence-corrected chi connectivity index (χ4v) is 2.55. The fourth-order valence-electron chi connectivity index (χ4n) is 2.55. The highest BCUT2D eigenvalue weighted by Crippen LogP contribution is 2.14. The largest absolute Gasteiger partial charge is 0.353 e. The summed E-state index contributed by atoms with van der Waals surface area (Å²) in [5, 5.41) is 6.20. The van der Waals surface area contributed by atoms with Crippen molar-refractivity contribution in [1.29, 1.82) is 0 Å². The Labute approximate surface area is 136 Å². The zero-order valence-electron chi connectivity index (χ0n) is 12.6. The Bertz CT molecular complexity index is 519. The molecule has 1 unspecified atom stereocenters. The number of halogens is 2. The van der Waals surface area contributed by atoms with E-state index in [1.807, 2.05) is 0 Å². The average Bonchev–Trinajstić information content (AvgIpc) is 2.47. The molecule has 122 valence electrons. The molecule has 2 N–H and O–H groups in total. The average molecular weight is 329 g/mol. The molecule has 0 aromatic heterocycles. The van der Waals surface area contributed by atoms with Gasteiger partial charge < -0.3 is 10.6 Å². The Hall–Kier alpha value is -1.46. The second kappa shape index (κ2) is 8.86. The van der Waals surface area contributed by atoms with Crippen molar-refractivity contribution < 1.29 is 14.0 Å². The topological polar surface area (TPSA) is 58.2 Å². The van der Waals surface area contributed by atoms with Gasteiger partial charge in [0.05, 0.1) is 0 Å². The number of benzene rings is 1. The summed E-state index contributed by atoms with van der Waals surface area (Å²) in [7, 11) is 0. The molecule has 22 heavy (non-hydrogen) atoms. The molecular formula is C16H22ClFN2O2. The van der Waals surface area contributed by atoms with Crippen LogP contribution in [0.5, 0.6) is 0 Å². The number of nitrogens with one attached hydrogen (secondary N) is 2. The minimum atomic E-state index is -0.450. The Balaban J connectivity index is 0.00000242. The zero-order valence-corrected chi connectivity index (χ0v) is 13.4. The third kappa shape index (κ3) is 5.39. The first-order valence-corrected chi connectivity index (χ1v) is 7.36. The lowest BCUT2D eigenvalue weighted by molar-refractivity contribution is -0.122. The maximum absolute atomic E-state index is 13.1. The van der Waals surface area contributed by atoms with E-state index in [-0.39, 0.29) is 36.6 Å². The molecule has 1 heterocycles. The van der Waals surface area contributed by atoms with E-state index >= 15 is 0 Å². The second-order valence-electron chi connectivity index (χ2n) is 5.57. The van der Waals surface area contributed by atoms with Crippen LogP contribution in [0, 0.1) is 11.7 Å². The Morgan fingerprint density at radius 3 is 2.68 bits per heavy atom. The fraction of sp³-hybridized carbons (Fsp3) is 0.500. The number of carbonyl (C=O) groups is 2. The lowest BCUT2D eigenvalue weighted by atomic mass is 9.95. The quantitative estimate of drug-likeness (QED) is 0.816. The van der Waals surface area contributed by atoms with Crippen LogP contribution < -0.4 is 10.6 Å². The number of ketones is 1. The first-order valence-electron chi connectivity index (χ1n) is 7.36. The molecule has 1 saturated heterocycles. The summed E-state index contributed by atoms with van der Waals surface area (Å²) in [5.41, 5.74) is 0.317. The molecule has 0 spiro atoms. The minimum absolute atomic E-state index is 0. The molecular weight excluding hydrogens is 307 g/mol. The number of amides is 1. The van der Waals surface area contributed by atoms with E-state index in [0.29, 0.717) is 5.56 Å². The summed E-state index contributed by atoms with van der Waals surface area (Å²) in [6, 6.07) is 5.78. The van der Waals surface area contributed by atoms with Gasteiger partial charge in [0.2, 0.25) is 5.91 Å². The van der Waals surface area contributed by atoms with Crippen LogP contribution in [0.25, 0.3) is 0 Å². The van der Waals surface area contributed by atoms with Crippen molar-refractivity contribution >= 4 is 24.1 Å². The number of hydrogen-bond donors (Lipinski definition) is 2. The highest BCUT2D eigenvalue weighted by Gasteiger charge is 2.21. The molecule has 0 aliphatic carbocycles. The molecule has 1 atom stereocenters. The lowest BCUT2D eigenvalue weighted by Crippen LogP contribution is -2.43. The van der Waals surface area contributed by atoms with Crippen LogP contribution in [0.4, 0.5) is 4.39 Å². The van der Waals surface area contributed by atoms with E-state index in [2.05, 4.69) is 10.6 Å². The Morgan fingerprint density at radius 2 is 2.05 bits per heavy atom. The summed E-state index contributed by atoms with van der Waals surface area (Å²) < 4.78 is 13.1. The maximum atomic E-state index is 13.1. The van der Waals surface area contributed by atoms with Crippen molar-refractivity contribution in [3.05, 3.63) is 35.6 Å². The highest BCUT2D eigenvalue weighted by atomic mass is 35.5. The molecule has 2 rings (SSSR count). The van der Waals surface area contributed by atoms with Crippen LogP contribution in [0.1, 0.15) is 36.5 Å². The predicted molar refractivity (Wildman–Crippen MR) is 85.8 cm³/mol. The molecule has 1 aromatic rings. The number of Topliss-reactive ketones (excluding diaryl/α,β-unsaturated/α-hetero) is 1.